The highest BCUT2D eigenvalue weighted by molar-refractivity contribution is 7.15. The topological polar surface area (TPSA) is 132 Å². The first-order valence-electron chi connectivity index (χ1n) is 12.9. The first kappa shape index (κ1) is 26.8. The lowest BCUT2D eigenvalue weighted by Crippen LogP contribution is -2.37. The van der Waals surface area contributed by atoms with E-state index in [9.17, 15) is 19.2 Å². The molecule has 2 amide bonds. The van der Waals surface area contributed by atoms with Crippen LogP contribution in [0.2, 0.25) is 0 Å². The van der Waals surface area contributed by atoms with Gasteiger partial charge in [0.1, 0.15) is 16.8 Å². The maximum Gasteiger partial charge on any atom is 0.338 e. The lowest BCUT2D eigenvalue weighted by atomic mass is 10.1. The van der Waals surface area contributed by atoms with Gasteiger partial charge in [0.05, 0.1) is 30.5 Å². The van der Waals surface area contributed by atoms with E-state index in [1.54, 1.807) is 86.8 Å². The summed E-state index contributed by atoms with van der Waals surface area (Å²) in [4.78, 5) is 58.2. The van der Waals surface area contributed by atoms with Gasteiger partial charge in [0.15, 0.2) is 5.82 Å². The summed E-state index contributed by atoms with van der Waals surface area (Å²) in [6.07, 6.45) is 0. The van der Waals surface area contributed by atoms with E-state index in [-0.39, 0.29) is 23.3 Å². The maximum atomic E-state index is 13.7. The third-order valence-electron chi connectivity index (χ3n) is 6.64. The number of carbonyl (C=O) groups excluding carboxylic acids is 3. The van der Waals surface area contributed by atoms with Crippen LogP contribution >= 0.6 is 11.3 Å². The van der Waals surface area contributed by atoms with E-state index in [2.05, 4.69) is 15.4 Å². The number of methoxy groups -OCH3 is 1. The zero-order chi connectivity index (χ0) is 29.4. The Bertz CT molecular complexity index is 1960. The Morgan fingerprint density at radius 1 is 0.976 bits per heavy atom. The number of amides is 2. The molecule has 0 aliphatic carbocycles. The Morgan fingerprint density at radius 2 is 1.71 bits per heavy atom. The fourth-order valence-corrected chi connectivity index (χ4v) is 5.65. The standard InChI is InChI=1S/C30H23N5O6S/c1-3-41-29(39)18-8-12-19(13-9-18)31-23(36)16-34-22-7-5-4-6-21(22)24(27(34)37)25-28(38)35-30(42-25)32-26(33-35)17-10-14-20(40-2)15-11-17/h4-15H,3,16H2,1-2H3,(H,31,36)/b25-24-. The van der Waals surface area contributed by atoms with Gasteiger partial charge in [-0.1, -0.05) is 29.5 Å². The highest BCUT2D eigenvalue weighted by Gasteiger charge is 2.35. The summed E-state index contributed by atoms with van der Waals surface area (Å²) in [5, 5.41) is 7.13. The molecule has 0 saturated heterocycles. The lowest BCUT2D eigenvalue weighted by Gasteiger charge is -2.16. The molecule has 42 heavy (non-hydrogen) atoms. The number of fused-ring (bicyclic) bond motifs is 2. The summed E-state index contributed by atoms with van der Waals surface area (Å²) in [5.41, 5.74) is 2.33. The predicted molar refractivity (Wildman–Crippen MR) is 157 cm³/mol. The SMILES string of the molecule is CCOC(=O)c1ccc(NC(=O)CN2C(=O)/C(=c3\sc4nc(-c5ccc(OC)cc5)nn4c3=O)c3ccccc32)cc1. The normalized spacial score (nSPS) is 13.8. The lowest BCUT2D eigenvalue weighted by molar-refractivity contribution is -0.118. The van der Waals surface area contributed by atoms with Gasteiger partial charge in [-0.2, -0.15) is 9.50 Å². The fraction of sp³-hybridized carbons (Fsp3) is 0.133. The Kier molecular flexibility index (Phi) is 6.97. The zero-order valence-electron chi connectivity index (χ0n) is 22.5. The van der Waals surface area contributed by atoms with Gasteiger partial charge in [-0.05, 0) is 61.5 Å². The van der Waals surface area contributed by atoms with Crippen LogP contribution in [0.1, 0.15) is 22.8 Å². The van der Waals surface area contributed by atoms with Gasteiger partial charge in [0.25, 0.3) is 11.5 Å². The van der Waals surface area contributed by atoms with Gasteiger partial charge in [-0.25, -0.2) is 4.79 Å². The van der Waals surface area contributed by atoms with Crippen molar-refractivity contribution in [2.24, 2.45) is 0 Å². The van der Waals surface area contributed by atoms with Crippen molar-refractivity contribution < 1.29 is 23.9 Å². The van der Waals surface area contributed by atoms with Crippen LogP contribution < -0.4 is 25.0 Å². The van der Waals surface area contributed by atoms with Gasteiger partial charge >= 0.3 is 5.97 Å². The number of ether oxygens (including phenoxy) is 2. The number of benzene rings is 3. The minimum absolute atomic E-state index is 0.196. The Labute approximate surface area is 242 Å². The average Bonchev–Trinajstić information content (AvgIpc) is 3.64. The smallest absolute Gasteiger partial charge is 0.338 e. The summed E-state index contributed by atoms with van der Waals surface area (Å²) in [6, 6.07) is 20.4. The van der Waals surface area contributed by atoms with Crippen molar-refractivity contribution >= 4 is 51.0 Å². The molecule has 0 atom stereocenters. The molecule has 210 valence electrons. The van der Waals surface area contributed by atoms with E-state index >= 15 is 0 Å². The van der Waals surface area contributed by atoms with Crippen molar-refractivity contribution in [1.29, 1.82) is 0 Å². The van der Waals surface area contributed by atoms with Crippen LogP contribution in [0, 0.1) is 0 Å². The molecule has 2 aromatic heterocycles. The molecule has 0 spiro atoms. The van der Waals surface area contributed by atoms with Gasteiger partial charge < -0.3 is 14.8 Å². The number of carbonyl (C=O) groups is 3. The minimum Gasteiger partial charge on any atom is -0.497 e. The number of esters is 1. The molecule has 1 N–H and O–H groups in total. The number of anilines is 2. The van der Waals surface area contributed by atoms with E-state index < -0.39 is 23.3 Å². The molecule has 1 aliphatic heterocycles. The summed E-state index contributed by atoms with van der Waals surface area (Å²) in [5.74, 6) is -0.308. The van der Waals surface area contributed by atoms with Crippen LogP contribution in [0.25, 0.3) is 21.9 Å². The molecule has 6 rings (SSSR count). The van der Waals surface area contributed by atoms with Crippen LogP contribution in [0.5, 0.6) is 5.75 Å². The van der Waals surface area contributed by atoms with Crippen molar-refractivity contribution in [2.75, 3.05) is 30.5 Å². The summed E-state index contributed by atoms with van der Waals surface area (Å²) >= 11 is 1.07. The number of thiazole rings is 1. The van der Waals surface area contributed by atoms with Crippen molar-refractivity contribution in [2.45, 2.75) is 6.92 Å². The number of nitrogens with one attached hydrogen (secondary N) is 1. The quantitative estimate of drug-likeness (QED) is 0.290. The van der Waals surface area contributed by atoms with E-state index in [0.717, 1.165) is 16.9 Å². The first-order valence-corrected chi connectivity index (χ1v) is 13.8. The maximum absolute atomic E-state index is 13.7. The average molecular weight is 582 g/mol. The zero-order valence-corrected chi connectivity index (χ0v) is 23.3. The number of nitrogens with zero attached hydrogens (tertiary/aromatic N) is 4. The van der Waals surface area contributed by atoms with Crippen LogP contribution in [0.15, 0.2) is 77.6 Å². The van der Waals surface area contributed by atoms with Crippen LogP contribution in [-0.2, 0) is 14.3 Å². The van der Waals surface area contributed by atoms with Gasteiger partial charge in [0, 0.05) is 16.8 Å². The number of rotatable bonds is 7. The first-order chi connectivity index (χ1) is 20.4. The second kappa shape index (κ2) is 10.9. The largest absolute Gasteiger partial charge is 0.497 e. The molecule has 5 aromatic rings. The minimum atomic E-state index is -0.471. The second-order valence-corrected chi connectivity index (χ2v) is 10.2. The Balaban J connectivity index is 1.29. The molecule has 0 radical (unpaired) electrons. The van der Waals surface area contributed by atoms with E-state index in [1.807, 2.05) is 0 Å². The monoisotopic (exact) mass is 581 g/mol. The molecule has 1 aliphatic rings. The predicted octanol–water partition coefficient (Wildman–Crippen LogP) is 2.91. The fourth-order valence-electron chi connectivity index (χ4n) is 4.65. The summed E-state index contributed by atoms with van der Waals surface area (Å²) in [6.45, 7) is 1.70. The van der Waals surface area contributed by atoms with Crippen LogP contribution in [-0.4, -0.2) is 52.6 Å². The molecule has 3 aromatic carbocycles. The van der Waals surface area contributed by atoms with Crippen LogP contribution in [0.3, 0.4) is 0 Å². The highest BCUT2D eigenvalue weighted by Crippen LogP contribution is 2.35. The van der Waals surface area contributed by atoms with Crippen LogP contribution in [0.4, 0.5) is 11.4 Å². The number of hydrogen-bond acceptors (Lipinski definition) is 9. The summed E-state index contributed by atoms with van der Waals surface area (Å²) < 4.78 is 11.6. The molecule has 11 nitrogen and oxygen atoms in total. The van der Waals surface area contributed by atoms with Crippen molar-refractivity contribution in [3.05, 3.63) is 98.8 Å². The molecule has 3 heterocycles. The van der Waals surface area contributed by atoms with Gasteiger partial charge in [-0.15, -0.1) is 5.10 Å². The molecular formula is C30H23N5O6S. The Morgan fingerprint density at radius 3 is 2.40 bits per heavy atom. The second-order valence-electron chi connectivity index (χ2n) is 9.22. The van der Waals surface area contributed by atoms with Crippen molar-refractivity contribution in [3.63, 3.8) is 0 Å². The molecule has 0 bridgehead atoms. The van der Waals surface area contributed by atoms with Gasteiger partial charge in [0.2, 0.25) is 10.9 Å². The molecule has 0 fully saturated rings. The molecule has 0 unspecified atom stereocenters. The van der Waals surface area contributed by atoms with E-state index in [0.29, 0.717) is 39.0 Å². The third-order valence-corrected chi connectivity index (χ3v) is 7.67. The van der Waals surface area contributed by atoms with Gasteiger partial charge in [-0.3, -0.25) is 19.3 Å². The molecular weight excluding hydrogens is 558 g/mol. The highest BCUT2D eigenvalue weighted by atomic mass is 32.1. The summed E-state index contributed by atoms with van der Waals surface area (Å²) in [7, 11) is 1.58. The van der Waals surface area contributed by atoms with Crippen molar-refractivity contribution in [3.8, 4) is 17.1 Å². The molecule has 0 saturated carbocycles. The number of hydrogen-bond donors (Lipinski definition) is 1. The van der Waals surface area contributed by atoms with E-state index in [4.69, 9.17) is 9.47 Å². The molecule has 12 heteroatoms. The van der Waals surface area contributed by atoms with Crippen molar-refractivity contribution in [1.82, 2.24) is 14.6 Å². The Hall–Kier alpha value is -5.36. The number of aromatic nitrogens is 3. The third kappa shape index (κ3) is 4.77. The van der Waals surface area contributed by atoms with E-state index in [1.165, 1.54) is 9.42 Å². The number of para-hydroxylation sites is 1.